The second kappa shape index (κ2) is 6.37. The Hall–Kier alpha value is -1.39. The van der Waals surface area contributed by atoms with Crippen LogP contribution in [0.1, 0.15) is 31.9 Å². The van der Waals surface area contributed by atoms with Gasteiger partial charge in [0.15, 0.2) is 8.32 Å². The summed E-state index contributed by atoms with van der Waals surface area (Å²) in [4.78, 5) is 10.4. The molecule has 0 spiro atoms. The molecule has 0 saturated heterocycles. The molecule has 0 radical (unpaired) electrons. The summed E-state index contributed by atoms with van der Waals surface area (Å²) in [6.45, 7) is 11.7. The Morgan fingerprint density at radius 3 is 2.25 bits per heavy atom. The van der Waals surface area contributed by atoms with Gasteiger partial charge in [0.05, 0.1) is 6.61 Å². The fraction of sp³-hybridized carbons (Fsp3) is 0.438. The number of carboxylic acid groups (broad SMARTS) is 1. The van der Waals surface area contributed by atoms with Gasteiger partial charge in [-0.1, -0.05) is 45.0 Å². The molecule has 0 saturated carbocycles. The highest BCUT2D eigenvalue weighted by atomic mass is 28.4. The maximum atomic E-state index is 10.4. The maximum absolute atomic E-state index is 10.4. The minimum atomic E-state index is -1.72. The van der Waals surface area contributed by atoms with E-state index in [2.05, 4.69) is 33.9 Å². The summed E-state index contributed by atoms with van der Waals surface area (Å²) in [7, 11) is -1.72. The monoisotopic (exact) mass is 292 g/mol. The van der Waals surface area contributed by atoms with Gasteiger partial charge in [-0.15, -0.1) is 0 Å². The highest BCUT2D eigenvalue weighted by Crippen LogP contribution is 2.37. The molecule has 20 heavy (non-hydrogen) atoms. The van der Waals surface area contributed by atoms with Crippen molar-refractivity contribution in [1.82, 2.24) is 0 Å². The molecule has 110 valence electrons. The van der Waals surface area contributed by atoms with E-state index in [0.29, 0.717) is 6.61 Å². The zero-order valence-electron chi connectivity index (χ0n) is 12.9. The van der Waals surface area contributed by atoms with Crippen LogP contribution in [0.25, 0.3) is 6.08 Å². The van der Waals surface area contributed by atoms with E-state index in [1.165, 1.54) is 0 Å². The Morgan fingerprint density at radius 1 is 1.25 bits per heavy atom. The summed E-state index contributed by atoms with van der Waals surface area (Å²) in [5.74, 6) is -0.935. The predicted molar refractivity (Wildman–Crippen MR) is 85.1 cm³/mol. The minimum absolute atomic E-state index is 0.206. The first-order chi connectivity index (χ1) is 9.12. The summed E-state index contributed by atoms with van der Waals surface area (Å²) < 4.78 is 6.14. The van der Waals surface area contributed by atoms with E-state index < -0.39 is 14.3 Å². The van der Waals surface area contributed by atoms with Crippen molar-refractivity contribution in [3.63, 3.8) is 0 Å². The molecule has 0 bridgehead atoms. The van der Waals surface area contributed by atoms with Crippen LogP contribution in [0, 0.1) is 0 Å². The Balaban J connectivity index is 2.65. The fourth-order valence-corrected chi connectivity index (χ4v) is 2.33. The van der Waals surface area contributed by atoms with E-state index in [-0.39, 0.29) is 5.04 Å². The minimum Gasteiger partial charge on any atom is -0.478 e. The molecule has 0 aliphatic heterocycles. The van der Waals surface area contributed by atoms with Gasteiger partial charge in [-0.3, -0.25) is 0 Å². The van der Waals surface area contributed by atoms with Crippen molar-refractivity contribution in [3.05, 3.63) is 41.5 Å². The van der Waals surface area contributed by atoms with Crippen molar-refractivity contribution in [3.8, 4) is 0 Å². The number of rotatable bonds is 5. The molecule has 0 aliphatic carbocycles. The molecule has 0 unspecified atom stereocenters. The summed E-state index contributed by atoms with van der Waals surface area (Å²) in [6, 6.07) is 7.77. The SMILES string of the molecule is CC(C)(C)[Si](C)(C)OCc1ccc(/C=C\C(=O)O)cc1. The molecule has 1 aromatic rings. The van der Waals surface area contributed by atoms with E-state index in [4.69, 9.17) is 9.53 Å². The van der Waals surface area contributed by atoms with Gasteiger partial charge in [0, 0.05) is 6.08 Å². The highest BCUT2D eigenvalue weighted by molar-refractivity contribution is 6.74. The van der Waals surface area contributed by atoms with E-state index in [9.17, 15) is 4.79 Å². The quantitative estimate of drug-likeness (QED) is 0.650. The maximum Gasteiger partial charge on any atom is 0.328 e. The lowest BCUT2D eigenvalue weighted by molar-refractivity contribution is -0.131. The van der Waals surface area contributed by atoms with Crippen LogP contribution in [-0.4, -0.2) is 19.4 Å². The largest absolute Gasteiger partial charge is 0.478 e. The average molecular weight is 292 g/mol. The fourth-order valence-electron chi connectivity index (χ4n) is 1.37. The molecule has 4 heteroatoms. The number of benzene rings is 1. The van der Waals surface area contributed by atoms with Crippen molar-refractivity contribution in [1.29, 1.82) is 0 Å². The average Bonchev–Trinajstić information content (AvgIpc) is 2.34. The molecular weight excluding hydrogens is 268 g/mol. The predicted octanol–water partition coefficient (Wildman–Crippen LogP) is 4.31. The molecule has 0 aromatic heterocycles. The molecule has 1 rings (SSSR count). The van der Waals surface area contributed by atoms with Gasteiger partial charge in [0.25, 0.3) is 0 Å². The van der Waals surface area contributed by atoms with Crippen molar-refractivity contribution in [2.24, 2.45) is 0 Å². The highest BCUT2D eigenvalue weighted by Gasteiger charge is 2.36. The van der Waals surface area contributed by atoms with E-state index >= 15 is 0 Å². The molecule has 3 nitrogen and oxygen atoms in total. The first-order valence-electron chi connectivity index (χ1n) is 6.76. The van der Waals surface area contributed by atoms with Gasteiger partial charge in [0.1, 0.15) is 0 Å². The van der Waals surface area contributed by atoms with Crippen LogP contribution in [0.4, 0.5) is 0 Å². The molecule has 1 aromatic carbocycles. The lowest BCUT2D eigenvalue weighted by Gasteiger charge is -2.36. The van der Waals surface area contributed by atoms with Gasteiger partial charge < -0.3 is 9.53 Å². The summed E-state index contributed by atoms with van der Waals surface area (Å²) in [5, 5.41) is 8.78. The van der Waals surface area contributed by atoms with Gasteiger partial charge in [-0.25, -0.2) is 4.79 Å². The Kier molecular flexibility index (Phi) is 5.31. The summed E-state index contributed by atoms with van der Waals surface area (Å²) in [6.07, 6.45) is 2.72. The van der Waals surface area contributed by atoms with Gasteiger partial charge in [-0.2, -0.15) is 0 Å². The van der Waals surface area contributed by atoms with Crippen LogP contribution in [0.2, 0.25) is 18.1 Å². The van der Waals surface area contributed by atoms with Gasteiger partial charge in [-0.05, 0) is 35.3 Å². The Morgan fingerprint density at radius 2 is 1.80 bits per heavy atom. The lowest BCUT2D eigenvalue weighted by Crippen LogP contribution is -2.40. The van der Waals surface area contributed by atoms with Crippen molar-refractivity contribution in [2.75, 3.05) is 0 Å². The standard InChI is InChI=1S/C16H24O3Si/c1-16(2,3)20(4,5)19-12-14-8-6-13(7-9-14)10-11-15(17)18/h6-11H,12H2,1-5H3,(H,17,18)/b11-10-. The van der Waals surface area contributed by atoms with Crippen LogP contribution in [0.15, 0.2) is 30.3 Å². The van der Waals surface area contributed by atoms with Crippen LogP contribution in [0.3, 0.4) is 0 Å². The summed E-state index contributed by atoms with van der Waals surface area (Å²) >= 11 is 0. The van der Waals surface area contributed by atoms with E-state index in [1.807, 2.05) is 24.3 Å². The normalized spacial score (nSPS) is 12.8. The molecular formula is C16H24O3Si. The Bertz CT molecular complexity index is 481. The van der Waals surface area contributed by atoms with E-state index in [1.54, 1.807) is 6.08 Å². The molecule has 0 atom stereocenters. The topological polar surface area (TPSA) is 46.5 Å². The summed E-state index contributed by atoms with van der Waals surface area (Å²) in [5.41, 5.74) is 1.99. The Labute approximate surface area is 122 Å². The van der Waals surface area contributed by atoms with Crippen LogP contribution in [0.5, 0.6) is 0 Å². The number of hydrogen-bond acceptors (Lipinski definition) is 2. The van der Waals surface area contributed by atoms with Crippen LogP contribution in [-0.2, 0) is 15.8 Å². The van der Waals surface area contributed by atoms with E-state index in [0.717, 1.165) is 17.2 Å². The first-order valence-corrected chi connectivity index (χ1v) is 9.66. The van der Waals surface area contributed by atoms with Gasteiger partial charge in [0.2, 0.25) is 0 Å². The molecule has 0 heterocycles. The second-order valence-electron chi connectivity index (χ2n) is 6.46. The number of aliphatic carboxylic acids is 1. The van der Waals surface area contributed by atoms with Crippen LogP contribution >= 0.6 is 0 Å². The zero-order valence-corrected chi connectivity index (χ0v) is 13.9. The third kappa shape index (κ3) is 4.94. The second-order valence-corrected chi connectivity index (χ2v) is 11.3. The third-order valence-corrected chi connectivity index (χ3v) is 8.28. The smallest absolute Gasteiger partial charge is 0.328 e. The third-order valence-electron chi connectivity index (χ3n) is 3.80. The molecule has 1 N–H and O–H groups in total. The number of carbonyl (C=O) groups is 1. The molecule has 0 aliphatic rings. The van der Waals surface area contributed by atoms with Crippen molar-refractivity contribution >= 4 is 20.4 Å². The molecule has 0 fully saturated rings. The van der Waals surface area contributed by atoms with Crippen molar-refractivity contribution in [2.45, 2.75) is 45.5 Å². The first kappa shape index (κ1) is 16.7. The molecule has 0 amide bonds. The van der Waals surface area contributed by atoms with Crippen LogP contribution < -0.4 is 0 Å². The van der Waals surface area contributed by atoms with Gasteiger partial charge >= 0.3 is 5.97 Å². The number of hydrogen-bond donors (Lipinski definition) is 1. The lowest BCUT2D eigenvalue weighted by atomic mass is 10.1. The zero-order chi connectivity index (χ0) is 15.4. The number of carboxylic acids is 1. The van der Waals surface area contributed by atoms with Crippen molar-refractivity contribution < 1.29 is 14.3 Å².